The lowest BCUT2D eigenvalue weighted by atomic mass is 10.0. The van der Waals surface area contributed by atoms with Crippen LogP contribution >= 0.6 is 28.1 Å². The van der Waals surface area contributed by atoms with Gasteiger partial charge in [0.05, 0.1) is 11.7 Å². The predicted octanol–water partition coefficient (Wildman–Crippen LogP) is 7.54. The molecule has 1 aliphatic rings. The van der Waals surface area contributed by atoms with Crippen molar-refractivity contribution in [2.24, 2.45) is 0 Å². The minimum Gasteiger partial charge on any atom is -0.459 e. The third-order valence-electron chi connectivity index (χ3n) is 6.05. The molecule has 1 aliphatic heterocycles. The van der Waals surface area contributed by atoms with Gasteiger partial charge in [0.1, 0.15) is 23.4 Å². The maximum absolute atomic E-state index is 13.6. The lowest BCUT2D eigenvalue weighted by Gasteiger charge is -2.26. The van der Waals surface area contributed by atoms with E-state index in [4.69, 9.17) is 16.6 Å². The molecule has 0 radical (unpaired) electrons. The van der Waals surface area contributed by atoms with Gasteiger partial charge in [0, 0.05) is 21.9 Å². The third-order valence-corrected chi connectivity index (χ3v) is 7.02. The number of thiocarbonyl (C=S) groups is 1. The summed E-state index contributed by atoms with van der Waals surface area (Å²) in [6.07, 6.45) is 1.78. The van der Waals surface area contributed by atoms with Gasteiger partial charge in [-0.05, 0) is 94.2 Å². The molecule has 1 saturated heterocycles. The Bertz CT molecular complexity index is 1320. The monoisotopic (exact) mass is 535 g/mol. The molecule has 2 atom stereocenters. The Morgan fingerprint density at radius 3 is 2.53 bits per heavy atom. The molecule has 0 amide bonds. The van der Waals surface area contributed by atoms with Crippen LogP contribution in [0.15, 0.2) is 87.9 Å². The third kappa shape index (κ3) is 4.26. The highest BCUT2D eigenvalue weighted by Crippen LogP contribution is 2.43. The summed E-state index contributed by atoms with van der Waals surface area (Å²) in [6.45, 7) is 4.35. The lowest BCUT2D eigenvalue weighted by molar-refractivity contribution is 0.439. The van der Waals surface area contributed by atoms with Crippen molar-refractivity contribution in [2.45, 2.75) is 31.8 Å². The van der Waals surface area contributed by atoms with E-state index < -0.39 is 0 Å². The van der Waals surface area contributed by atoms with E-state index >= 15 is 0 Å². The van der Waals surface area contributed by atoms with E-state index in [1.165, 1.54) is 17.7 Å². The zero-order valence-electron chi connectivity index (χ0n) is 18.7. The van der Waals surface area contributed by atoms with E-state index in [0.717, 1.165) is 22.7 Å². The molecule has 0 aliphatic carbocycles. The van der Waals surface area contributed by atoms with Gasteiger partial charge in [-0.2, -0.15) is 0 Å². The largest absolute Gasteiger partial charge is 0.459 e. The van der Waals surface area contributed by atoms with Crippen LogP contribution in [0.4, 0.5) is 10.1 Å². The van der Waals surface area contributed by atoms with Crippen molar-refractivity contribution in [3.63, 3.8) is 0 Å². The molecule has 34 heavy (non-hydrogen) atoms. The molecular formula is C27H23BrFN3OS. The number of nitrogens with zero attached hydrogens (tertiary/aromatic N) is 2. The molecule has 1 fully saturated rings. The van der Waals surface area contributed by atoms with Gasteiger partial charge in [-0.25, -0.2) is 4.39 Å². The van der Waals surface area contributed by atoms with Crippen molar-refractivity contribution in [1.29, 1.82) is 0 Å². The summed E-state index contributed by atoms with van der Waals surface area (Å²) in [5.74, 6) is 1.52. The smallest absolute Gasteiger partial charge is 0.174 e. The van der Waals surface area contributed by atoms with E-state index in [0.29, 0.717) is 21.3 Å². The van der Waals surface area contributed by atoms with E-state index in [1.807, 2.05) is 30.3 Å². The molecule has 0 bridgehead atoms. The second-order valence-corrected chi connectivity index (χ2v) is 9.81. The van der Waals surface area contributed by atoms with Gasteiger partial charge in [0.15, 0.2) is 5.11 Å². The summed E-state index contributed by atoms with van der Waals surface area (Å²) in [5.41, 5.74) is 3.90. The molecule has 2 aromatic carbocycles. The van der Waals surface area contributed by atoms with Crippen molar-refractivity contribution in [3.05, 3.63) is 106 Å². The van der Waals surface area contributed by atoms with E-state index in [1.54, 1.807) is 12.3 Å². The van der Waals surface area contributed by atoms with Crippen LogP contribution in [0.3, 0.4) is 0 Å². The van der Waals surface area contributed by atoms with Crippen molar-refractivity contribution in [3.8, 4) is 11.3 Å². The molecule has 7 heteroatoms. The Balaban J connectivity index is 1.58. The fourth-order valence-corrected chi connectivity index (χ4v) is 5.18. The minimum atomic E-state index is -0.306. The van der Waals surface area contributed by atoms with E-state index in [9.17, 15) is 4.39 Å². The molecular weight excluding hydrogens is 513 g/mol. The van der Waals surface area contributed by atoms with Crippen LogP contribution in [0.5, 0.6) is 0 Å². The lowest BCUT2D eigenvalue weighted by Crippen LogP contribution is -2.29. The van der Waals surface area contributed by atoms with Crippen LogP contribution < -0.4 is 10.2 Å². The number of halogens is 2. The first kappa shape index (κ1) is 22.7. The summed E-state index contributed by atoms with van der Waals surface area (Å²) in [6, 6.07) is 22.3. The van der Waals surface area contributed by atoms with Gasteiger partial charge < -0.3 is 14.6 Å². The molecule has 4 aromatic rings. The molecule has 3 heterocycles. The number of benzene rings is 2. The molecule has 0 unspecified atom stereocenters. The summed E-state index contributed by atoms with van der Waals surface area (Å²) < 4.78 is 20.6. The Morgan fingerprint density at radius 2 is 1.85 bits per heavy atom. The van der Waals surface area contributed by atoms with Gasteiger partial charge in [-0.15, -0.1) is 0 Å². The average molecular weight is 536 g/mol. The number of hydrogen-bond acceptors (Lipinski definition) is 3. The maximum atomic E-state index is 13.6. The average Bonchev–Trinajstić information content (AvgIpc) is 3.44. The number of anilines is 1. The quantitative estimate of drug-likeness (QED) is 0.267. The number of hydrogen-bond donors (Lipinski definition) is 1. The summed E-state index contributed by atoms with van der Waals surface area (Å²) in [4.78, 5) is 6.67. The molecule has 0 saturated carbocycles. The predicted molar refractivity (Wildman–Crippen MR) is 140 cm³/mol. The standard InChI is InChI=1S/C27H23BrFN3OS/c1-16(2)17-6-9-19(10-7-17)32-26(25(31-27(32)34)22-5-3-4-14-30-22)24-13-12-23(33-24)20-11-8-18(29)15-21(20)28/h3-16,25-26H,1-2H3,(H,31,34)/t25-,26+/m0/s1. The number of pyridine rings is 1. The summed E-state index contributed by atoms with van der Waals surface area (Å²) >= 11 is 9.24. The van der Waals surface area contributed by atoms with Crippen molar-refractivity contribution < 1.29 is 8.81 Å². The Morgan fingerprint density at radius 1 is 1.06 bits per heavy atom. The summed E-state index contributed by atoms with van der Waals surface area (Å²) in [5, 5.41) is 4.06. The second-order valence-electron chi connectivity index (χ2n) is 8.57. The summed E-state index contributed by atoms with van der Waals surface area (Å²) in [7, 11) is 0. The number of furan rings is 1. The molecule has 5 rings (SSSR count). The molecule has 4 nitrogen and oxygen atoms in total. The van der Waals surface area contributed by atoms with Gasteiger partial charge in [0.25, 0.3) is 0 Å². The zero-order chi connectivity index (χ0) is 23.8. The van der Waals surface area contributed by atoms with Gasteiger partial charge >= 0.3 is 0 Å². The highest BCUT2D eigenvalue weighted by molar-refractivity contribution is 9.10. The number of nitrogens with one attached hydrogen (secondary N) is 1. The number of rotatable bonds is 5. The van der Waals surface area contributed by atoms with Crippen molar-refractivity contribution >= 4 is 38.9 Å². The first-order valence-electron chi connectivity index (χ1n) is 11.1. The SMILES string of the molecule is CC(C)c1ccc(N2C(=S)N[C@@H](c3ccccn3)[C@H]2c2ccc(-c3ccc(F)cc3Br)o2)cc1. The maximum Gasteiger partial charge on any atom is 0.174 e. The Hall–Kier alpha value is -3.03. The van der Waals surface area contributed by atoms with Gasteiger partial charge in [-0.1, -0.05) is 32.0 Å². The molecule has 1 N–H and O–H groups in total. The van der Waals surface area contributed by atoms with Crippen molar-refractivity contribution in [2.75, 3.05) is 4.90 Å². The fourth-order valence-electron chi connectivity index (χ4n) is 4.29. The van der Waals surface area contributed by atoms with E-state index in [2.05, 4.69) is 69.2 Å². The van der Waals surface area contributed by atoms with Gasteiger partial charge in [-0.3, -0.25) is 4.98 Å². The highest BCUT2D eigenvalue weighted by atomic mass is 79.9. The minimum absolute atomic E-state index is 0.200. The molecule has 0 spiro atoms. The molecule has 2 aromatic heterocycles. The highest BCUT2D eigenvalue weighted by Gasteiger charge is 2.42. The first-order chi connectivity index (χ1) is 16.4. The van der Waals surface area contributed by atoms with Crippen LogP contribution in [0.2, 0.25) is 0 Å². The Labute approximate surface area is 212 Å². The van der Waals surface area contributed by atoms with Crippen LogP contribution in [0.1, 0.15) is 48.9 Å². The first-order valence-corrected chi connectivity index (χ1v) is 12.3. The second kappa shape index (κ2) is 9.31. The normalized spacial score (nSPS) is 17.9. The molecule has 172 valence electrons. The van der Waals surface area contributed by atoms with Gasteiger partial charge in [0.2, 0.25) is 0 Å². The van der Waals surface area contributed by atoms with E-state index in [-0.39, 0.29) is 17.9 Å². The fraction of sp³-hybridized carbons (Fsp3) is 0.185. The van der Waals surface area contributed by atoms with Crippen LogP contribution in [-0.2, 0) is 0 Å². The van der Waals surface area contributed by atoms with Crippen LogP contribution in [0, 0.1) is 5.82 Å². The van der Waals surface area contributed by atoms with Crippen molar-refractivity contribution in [1.82, 2.24) is 10.3 Å². The Kier molecular flexibility index (Phi) is 6.23. The van der Waals surface area contributed by atoms with Crippen LogP contribution in [0.25, 0.3) is 11.3 Å². The van der Waals surface area contributed by atoms with Crippen LogP contribution in [-0.4, -0.2) is 10.1 Å². The topological polar surface area (TPSA) is 41.3 Å². The number of aromatic nitrogens is 1. The zero-order valence-corrected chi connectivity index (χ0v) is 21.1.